The zero-order valence-electron chi connectivity index (χ0n) is 15.6. The Morgan fingerprint density at radius 2 is 1.81 bits per heavy atom. The van der Waals surface area contributed by atoms with Crippen molar-refractivity contribution in [3.05, 3.63) is 45.6 Å². The van der Waals surface area contributed by atoms with Crippen molar-refractivity contribution in [3.63, 3.8) is 0 Å². The number of nitrogens with two attached hydrogens (primary N) is 2. The second-order valence-corrected chi connectivity index (χ2v) is 6.32. The van der Waals surface area contributed by atoms with Crippen LogP contribution in [0.3, 0.4) is 0 Å². The van der Waals surface area contributed by atoms with Gasteiger partial charge in [0.25, 0.3) is 0 Å². The highest BCUT2D eigenvalue weighted by Crippen LogP contribution is 2.49. The van der Waals surface area contributed by atoms with Crippen LogP contribution < -0.4 is 30.7 Å². The van der Waals surface area contributed by atoms with Gasteiger partial charge in [-0.3, -0.25) is 4.79 Å². The van der Waals surface area contributed by atoms with E-state index in [0.29, 0.717) is 17.2 Å². The van der Waals surface area contributed by atoms with Crippen LogP contribution in [0.2, 0.25) is 0 Å². The maximum Gasteiger partial charge on any atom is 0.203 e. The number of quaternary nitrogens is 1. The minimum Gasteiger partial charge on any atom is -0.493 e. The highest BCUT2D eigenvalue weighted by Gasteiger charge is 2.29. The van der Waals surface area contributed by atoms with Crippen LogP contribution in [0.4, 0.5) is 5.69 Å². The van der Waals surface area contributed by atoms with Gasteiger partial charge in [0.15, 0.2) is 11.5 Å². The van der Waals surface area contributed by atoms with Crippen LogP contribution in [-0.2, 0) is 6.42 Å². The van der Waals surface area contributed by atoms with Crippen LogP contribution in [0.25, 0.3) is 11.1 Å². The Bertz CT molecular complexity index is 896. The molecule has 3 rings (SSSR count). The first kappa shape index (κ1) is 18.1. The number of ether oxygens (including phenoxy) is 3. The van der Waals surface area contributed by atoms with E-state index in [4.69, 9.17) is 19.9 Å². The third-order valence-corrected chi connectivity index (χ3v) is 5.02. The molecule has 0 amide bonds. The van der Waals surface area contributed by atoms with Gasteiger partial charge >= 0.3 is 0 Å². The second-order valence-electron chi connectivity index (χ2n) is 6.32. The van der Waals surface area contributed by atoms with Crippen LogP contribution in [0.1, 0.15) is 23.6 Å². The lowest BCUT2D eigenvalue weighted by Crippen LogP contribution is -2.81. The van der Waals surface area contributed by atoms with Gasteiger partial charge in [0.2, 0.25) is 11.2 Å². The molecule has 0 radical (unpaired) electrons. The van der Waals surface area contributed by atoms with Gasteiger partial charge in [-0.25, -0.2) is 0 Å². The minimum absolute atomic E-state index is 0.151. The molecule has 138 valence electrons. The summed E-state index contributed by atoms with van der Waals surface area (Å²) in [5.74, 6) is 1.78. The number of rotatable bonds is 4. The van der Waals surface area contributed by atoms with E-state index in [-0.39, 0.29) is 17.2 Å². The van der Waals surface area contributed by atoms with Gasteiger partial charge in [-0.15, -0.1) is 0 Å². The standard InChI is InChI=1S/C20H24N2O4/c1-22-15-8-5-11-9-17(24-2)19(25-3)20(26-4)18(11)12-6-7-14(21)16(23)10-13(12)15/h6-7,9-10,15,22H,5,8H2,1-4H3,(H2,21,23)/p+1/t15-/m1/s1. The van der Waals surface area contributed by atoms with Crippen molar-refractivity contribution < 1.29 is 19.5 Å². The molecule has 6 heteroatoms. The summed E-state index contributed by atoms with van der Waals surface area (Å²) in [5.41, 5.74) is 9.88. The van der Waals surface area contributed by atoms with E-state index >= 15 is 0 Å². The molecule has 1 aliphatic carbocycles. The highest BCUT2D eigenvalue weighted by atomic mass is 16.5. The molecule has 0 saturated carbocycles. The third-order valence-electron chi connectivity index (χ3n) is 5.02. The Morgan fingerprint density at radius 3 is 2.42 bits per heavy atom. The number of hydrogen-bond donors (Lipinski definition) is 2. The second kappa shape index (κ2) is 7.25. The first-order valence-corrected chi connectivity index (χ1v) is 8.61. The normalized spacial score (nSPS) is 15.5. The molecule has 1 atom stereocenters. The Hall–Kier alpha value is -2.73. The minimum atomic E-state index is -0.166. The largest absolute Gasteiger partial charge is 0.493 e. The molecule has 0 spiro atoms. The SMILES string of the molecule is C[NH2+][C@@H]1CCc2cc(OC)c(OC)c(OC)c2-c2ccc(N)c(=O)cc21. The Labute approximate surface area is 152 Å². The van der Waals surface area contributed by atoms with E-state index in [0.717, 1.165) is 35.1 Å². The predicted octanol–water partition coefficient (Wildman–Crippen LogP) is 1.50. The van der Waals surface area contributed by atoms with Crippen molar-refractivity contribution in [1.29, 1.82) is 0 Å². The van der Waals surface area contributed by atoms with Crippen molar-refractivity contribution in [3.8, 4) is 28.4 Å². The fraction of sp³-hybridized carbons (Fsp3) is 0.350. The fourth-order valence-corrected chi connectivity index (χ4v) is 3.70. The van der Waals surface area contributed by atoms with Gasteiger partial charge < -0.3 is 25.3 Å². The first-order chi connectivity index (χ1) is 12.5. The maximum atomic E-state index is 12.3. The van der Waals surface area contributed by atoms with Gasteiger partial charge in [-0.2, -0.15) is 0 Å². The smallest absolute Gasteiger partial charge is 0.203 e. The molecule has 0 heterocycles. The molecule has 0 aromatic heterocycles. The third kappa shape index (κ3) is 2.86. The first-order valence-electron chi connectivity index (χ1n) is 8.61. The van der Waals surface area contributed by atoms with E-state index < -0.39 is 0 Å². The van der Waals surface area contributed by atoms with Crippen molar-refractivity contribution in [2.24, 2.45) is 0 Å². The zero-order chi connectivity index (χ0) is 18.8. The van der Waals surface area contributed by atoms with Crippen molar-refractivity contribution in [1.82, 2.24) is 0 Å². The molecule has 2 aromatic carbocycles. The quantitative estimate of drug-likeness (QED) is 0.866. The summed E-state index contributed by atoms with van der Waals surface area (Å²) in [7, 11) is 6.83. The Balaban J connectivity index is 2.44. The van der Waals surface area contributed by atoms with Crippen molar-refractivity contribution >= 4 is 5.69 Å². The van der Waals surface area contributed by atoms with Crippen molar-refractivity contribution in [2.45, 2.75) is 18.9 Å². The number of methoxy groups -OCH3 is 3. The number of benzene rings is 1. The Kier molecular flexibility index (Phi) is 5.04. The molecule has 0 bridgehead atoms. The molecule has 4 N–H and O–H groups in total. The Morgan fingerprint density at radius 1 is 1.08 bits per heavy atom. The topological polar surface area (TPSA) is 87.4 Å². The van der Waals surface area contributed by atoms with Gasteiger partial charge in [-0.1, -0.05) is 6.07 Å². The lowest BCUT2D eigenvalue weighted by Gasteiger charge is -2.19. The van der Waals surface area contributed by atoms with Crippen LogP contribution in [0, 0.1) is 0 Å². The number of nitrogen functional groups attached to an aromatic ring is 1. The van der Waals surface area contributed by atoms with Gasteiger partial charge in [0, 0.05) is 17.5 Å². The molecule has 1 aliphatic rings. The molecule has 0 aliphatic heterocycles. The molecule has 0 saturated heterocycles. The monoisotopic (exact) mass is 357 g/mol. The number of anilines is 1. The van der Waals surface area contributed by atoms with Gasteiger partial charge in [0.1, 0.15) is 6.04 Å². The van der Waals surface area contributed by atoms with E-state index in [1.165, 1.54) is 0 Å². The van der Waals surface area contributed by atoms with Crippen LogP contribution >= 0.6 is 0 Å². The van der Waals surface area contributed by atoms with E-state index in [2.05, 4.69) is 5.32 Å². The van der Waals surface area contributed by atoms with E-state index in [1.54, 1.807) is 33.5 Å². The maximum absolute atomic E-state index is 12.3. The fourth-order valence-electron chi connectivity index (χ4n) is 3.70. The average molecular weight is 357 g/mol. The lowest BCUT2D eigenvalue weighted by molar-refractivity contribution is -0.670. The summed E-state index contributed by atoms with van der Waals surface area (Å²) < 4.78 is 16.8. The molecule has 2 aromatic rings. The van der Waals surface area contributed by atoms with Gasteiger partial charge in [0.05, 0.1) is 34.1 Å². The molecule has 6 nitrogen and oxygen atoms in total. The summed E-state index contributed by atoms with van der Waals surface area (Å²) in [6.45, 7) is 0. The van der Waals surface area contributed by atoms with Gasteiger partial charge in [-0.05, 0) is 35.7 Å². The summed E-state index contributed by atoms with van der Waals surface area (Å²) in [6.07, 6.45) is 1.72. The summed E-state index contributed by atoms with van der Waals surface area (Å²) in [5, 5.41) is 2.13. The molecule has 26 heavy (non-hydrogen) atoms. The number of aryl methyl sites for hydroxylation is 1. The van der Waals surface area contributed by atoms with E-state index in [1.807, 2.05) is 19.2 Å². The molecular weight excluding hydrogens is 332 g/mol. The number of fused-ring (bicyclic) bond motifs is 3. The van der Waals surface area contributed by atoms with Crippen LogP contribution in [0.15, 0.2) is 29.1 Å². The van der Waals surface area contributed by atoms with Crippen molar-refractivity contribution in [2.75, 3.05) is 34.1 Å². The number of hydrogen-bond acceptors (Lipinski definition) is 5. The van der Waals surface area contributed by atoms with Crippen LogP contribution in [0.5, 0.6) is 17.2 Å². The molecule has 0 unspecified atom stereocenters. The summed E-state index contributed by atoms with van der Waals surface area (Å²) >= 11 is 0. The predicted molar refractivity (Wildman–Crippen MR) is 101 cm³/mol. The average Bonchev–Trinajstić information content (AvgIpc) is 2.89. The molecule has 0 fully saturated rings. The lowest BCUT2D eigenvalue weighted by atomic mass is 9.95. The molecular formula is C20H25N2O4+. The summed E-state index contributed by atoms with van der Waals surface area (Å²) in [6, 6.07) is 7.37. The van der Waals surface area contributed by atoms with E-state index in [9.17, 15) is 4.79 Å². The van der Waals surface area contributed by atoms with Crippen LogP contribution in [-0.4, -0.2) is 28.4 Å². The highest BCUT2D eigenvalue weighted by molar-refractivity contribution is 5.82. The summed E-state index contributed by atoms with van der Waals surface area (Å²) in [4.78, 5) is 12.3. The zero-order valence-corrected chi connectivity index (χ0v) is 15.6.